The van der Waals surface area contributed by atoms with Crippen molar-refractivity contribution >= 4 is 29.1 Å². The molecule has 1 fully saturated rings. The molecule has 0 spiro atoms. The summed E-state index contributed by atoms with van der Waals surface area (Å²) in [7, 11) is 0. The molecule has 1 amide bonds. The van der Waals surface area contributed by atoms with Crippen LogP contribution in [0.25, 0.3) is 0 Å². The highest BCUT2D eigenvalue weighted by molar-refractivity contribution is 6.35. The van der Waals surface area contributed by atoms with Crippen molar-refractivity contribution in [3.63, 3.8) is 0 Å². The minimum absolute atomic E-state index is 0.0708. The van der Waals surface area contributed by atoms with Gasteiger partial charge in [-0.15, -0.1) is 0 Å². The van der Waals surface area contributed by atoms with E-state index in [0.717, 1.165) is 24.0 Å². The van der Waals surface area contributed by atoms with Gasteiger partial charge in [-0.05, 0) is 49.6 Å². The van der Waals surface area contributed by atoms with Gasteiger partial charge in [-0.3, -0.25) is 4.79 Å². The van der Waals surface area contributed by atoms with E-state index in [1.54, 1.807) is 12.1 Å². The van der Waals surface area contributed by atoms with Gasteiger partial charge < -0.3 is 5.32 Å². The van der Waals surface area contributed by atoms with Crippen LogP contribution < -0.4 is 5.32 Å². The first-order valence-electron chi connectivity index (χ1n) is 6.85. The molecule has 0 atom stereocenters. The molecule has 0 bridgehead atoms. The normalized spacial score (nSPS) is 15.6. The fourth-order valence-corrected chi connectivity index (χ4v) is 3.05. The highest BCUT2D eigenvalue weighted by Crippen LogP contribution is 2.48. The molecule has 1 N–H and O–H groups in total. The van der Waals surface area contributed by atoms with Crippen LogP contribution in [0.4, 0.5) is 0 Å². The summed E-state index contributed by atoms with van der Waals surface area (Å²) in [6, 6.07) is 13.0. The lowest BCUT2D eigenvalue weighted by atomic mass is 10.0. The Morgan fingerprint density at radius 1 is 1.10 bits per heavy atom. The summed E-state index contributed by atoms with van der Waals surface area (Å²) in [6.07, 6.45) is 1.79. The van der Waals surface area contributed by atoms with Crippen LogP contribution in [0.2, 0.25) is 10.0 Å². The summed E-state index contributed by atoms with van der Waals surface area (Å²) in [6.45, 7) is 2.00. The minimum Gasteiger partial charge on any atom is -0.342 e. The number of hydrogen-bond donors (Lipinski definition) is 1. The van der Waals surface area contributed by atoms with Crippen LogP contribution in [0.5, 0.6) is 0 Å². The lowest BCUT2D eigenvalue weighted by Crippen LogP contribution is -2.35. The Morgan fingerprint density at radius 2 is 1.76 bits per heavy atom. The minimum atomic E-state index is -0.344. The molecule has 3 rings (SSSR count). The highest BCUT2D eigenvalue weighted by Gasteiger charge is 2.47. The molecule has 0 aromatic heterocycles. The number of amides is 1. The van der Waals surface area contributed by atoms with Gasteiger partial charge in [0, 0.05) is 15.6 Å². The Bertz CT molecular complexity index is 690. The number of carbonyl (C=O) groups excluding carboxylic acids is 1. The van der Waals surface area contributed by atoms with E-state index in [1.165, 1.54) is 0 Å². The zero-order valence-corrected chi connectivity index (χ0v) is 13.1. The van der Waals surface area contributed by atoms with E-state index in [0.29, 0.717) is 15.6 Å². The predicted octanol–water partition coefficient (Wildman–Crippen LogP) is 4.72. The molecule has 0 heterocycles. The molecule has 1 aliphatic carbocycles. The molecule has 1 saturated carbocycles. The molecular formula is C17H15Cl2NO. The molecule has 2 nitrogen and oxygen atoms in total. The van der Waals surface area contributed by atoms with E-state index in [1.807, 2.05) is 37.3 Å². The van der Waals surface area contributed by atoms with E-state index in [4.69, 9.17) is 23.2 Å². The van der Waals surface area contributed by atoms with Gasteiger partial charge >= 0.3 is 0 Å². The maximum atomic E-state index is 12.4. The van der Waals surface area contributed by atoms with Crippen molar-refractivity contribution in [1.29, 1.82) is 0 Å². The first-order valence-corrected chi connectivity index (χ1v) is 7.60. The smallest absolute Gasteiger partial charge is 0.251 e. The van der Waals surface area contributed by atoms with E-state index < -0.39 is 0 Å². The fourth-order valence-electron chi connectivity index (χ4n) is 2.46. The highest BCUT2D eigenvalue weighted by atomic mass is 35.5. The third-order valence-electron chi connectivity index (χ3n) is 3.86. The van der Waals surface area contributed by atoms with Gasteiger partial charge in [0.2, 0.25) is 0 Å². The first-order chi connectivity index (χ1) is 10.00. The Hall–Kier alpha value is -1.51. The lowest BCUT2D eigenvalue weighted by molar-refractivity contribution is 0.0931. The second kappa shape index (κ2) is 5.36. The van der Waals surface area contributed by atoms with E-state index >= 15 is 0 Å². The molecular weight excluding hydrogens is 305 g/mol. The second-order valence-corrected chi connectivity index (χ2v) is 6.37. The molecule has 0 radical (unpaired) electrons. The number of halogens is 2. The van der Waals surface area contributed by atoms with Crippen LogP contribution in [-0.4, -0.2) is 5.91 Å². The summed E-state index contributed by atoms with van der Waals surface area (Å²) in [5.41, 5.74) is 2.39. The monoisotopic (exact) mass is 319 g/mol. The number of aryl methyl sites for hydroxylation is 1. The average molecular weight is 320 g/mol. The summed E-state index contributed by atoms with van der Waals surface area (Å²) >= 11 is 12.2. The zero-order chi connectivity index (χ0) is 15.0. The molecule has 2 aromatic carbocycles. The largest absolute Gasteiger partial charge is 0.342 e. The van der Waals surface area contributed by atoms with Gasteiger partial charge in [-0.25, -0.2) is 0 Å². The lowest BCUT2D eigenvalue weighted by Gasteiger charge is -2.19. The third kappa shape index (κ3) is 2.92. The molecule has 0 saturated heterocycles. The standard InChI is InChI=1S/C17H15Cl2NO/c1-11-2-4-12(5-3-11)16(21)20-17(8-9-17)14-7-6-13(18)10-15(14)19/h2-7,10H,8-9H2,1H3,(H,20,21). The van der Waals surface area contributed by atoms with Crippen LogP contribution >= 0.6 is 23.2 Å². The first kappa shape index (κ1) is 14.4. The topological polar surface area (TPSA) is 29.1 Å². The van der Waals surface area contributed by atoms with E-state index in [9.17, 15) is 4.79 Å². The summed E-state index contributed by atoms with van der Waals surface area (Å²) in [4.78, 5) is 12.4. The van der Waals surface area contributed by atoms with Crippen LogP contribution in [0, 0.1) is 6.92 Å². The van der Waals surface area contributed by atoms with Crippen molar-refractivity contribution in [2.24, 2.45) is 0 Å². The maximum absolute atomic E-state index is 12.4. The van der Waals surface area contributed by atoms with Crippen molar-refractivity contribution in [1.82, 2.24) is 5.32 Å². The number of nitrogens with one attached hydrogen (secondary N) is 1. The van der Waals surface area contributed by atoms with Gasteiger partial charge in [0.05, 0.1) is 5.54 Å². The third-order valence-corrected chi connectivity index (χ3v) is 4.41. The summed E-state index contributed by atoms with van der Waals surface area (Å²) < 4.78 is 0. The molecule has 0 unspecified atom stereocenters. The zero-order valence-electron chi connectivity index (χ0n) is 11.6. The molecule has 0 aliphatic heterocycles. The molecule has 21 heavy (non-hydrogen) atoms. The van der Waals surface area contributed by atoms with Gasteiger partial charge in [0.15, 0.2) is 0 Å². The van der Waals surface area contributed by atoms with Crippen molar-refractivity contribution in [3.8, 4) is 0 Å². The van der Waals surface area contributed by atoms with Gasteiger partial charge in [0.25, 0.3) is 5.91 Å². The van der Waals surface area contributed by atoms with E-state index in [-0.39, 0.29) is 11.4 Å². The predicted molar refractivity (Wildman–Crippen MR) is 86.0 cm³/mol. The Balaban J connectivity index is 1.83. The molecule has 2 aromatic rings. The summed E-state index contributed by atoms with van der Waals surface area (Å²) in [5.74, 6) is -0.0708. The quantitative estimate of drug-likeness (QED) is 0.871. The van der Waals surface area contributed by atoms with Gasteiger partial charge in [0.1, 0.15) is 0 Å². The van der Waals surface area contributed by atoms with Crippen molar-refractivity contribution < 1.29 is 4.79 Å². The Morgan fingerprint density at radius 3 is 2.33 bits per heavy atom. The maximum Gasteiger partial charge on any atom is 0.251 e. The van der Waals surface area contributed by atoms with E-state index in [2.05, 4.69) is 5.32 Å². The van der Waals surface area contributed by atoms with Gasteiger partial charge in [-0.2, -0.15) is 0 Å². The Kier molecular flexibility index (Phi) is 3.68. The number of carbonyl (C=O) groups is 1. The molecule has 1 aliphatic rings. The van der Waals surface area contributed by atoms with Gasteiger partial charge in [-0.1, -0.05) is 47.0 Å². The fraction of sp³-hybridized carbons (Fsp3) is 0.235. The summed E-state index contributed by atoms with van der Waals surface area (Å²) in [5, 5.41) is 4.32. The van der Waals surface area contributed by atoms with Crippen LogP contribution in [-0.2, 0) is 5.54 Å². The Labute approximate surface area is 134 Å². The molecule has 108 valence electrons. The number of hydrogen-bond acceptors (Lipinski definition) is 1. The van der Waals surface area contributed by atoms with Crippen molar-refractivity contribution in [3.05, 3.63) is 69.2 Å². The molecule has 4 heteroatoms. The number of benzene rings is 2. The average Bonchev–Trinajstić information content (AvgIpc) is 3.19. The number of rotatable bonds is 3. The SMILES string of the molecule is Cc1ccc(C(=O)NC2(c3ccc(Cl)cc3Cl)CC2)cc1. The van der Waals surface area contributed by atoms with Crippen molar-refractivity contribution in [2.75, 3.05) is 0 Å². The van der Waals surface area contributed by atoms with Crippen LogP contribution in [0.1, 0.15) is 34.3 Å². The van der Waals surface area contributed by atoms with Crippen LogP contribution in [0.3, 0.4) is 0 Å². The second-order valence-electron chi connectivity index (χ2n) is 5.53. The van der Waals surface area contributed by atoms with Crippen LogP contribution in [0.15, 0.2) is 42.5 Å². The van der Waals surface area contributed by atoms with Crippen molar-refractivity contribution in [2.45, 2.75) is 25.3 Å².